The molecule has 8 heteroatoms. The van der Waals surface area contributed by atoms with Gasteiger partial charge in [0.25, 0.3) is 0 Å². The lowest BCUT2D eigenvalue weighted by molar-refractivity contribution is 0.128. The van der Waals surface area contributed by atoms with E-state index in [1.54, 1.807) is 24.0 Å². The summed E-state index contributed by atoms with van der Waals surface area (Å²) in [5, 5.41) is 8.52. The average Bonchev–Trinajstić information content (AvgIpc) is 3.10. The van der Waals surface area contributed by atoms with Crippen molar-refractivity contribution in [1.29, 1.82) is 0 Å². The van der Waals surface area contributed by atoms with Crippen molar-refractivity contribution < 1.29 is 4.84 Å². The van der Waals surface area contributed by atoms with Gasteiger partial charge < -0.3 is 5.32 Å². The van der Waals surface area contributed by atoms with Crippen molar-refractivity contribution in [2.45, 2.75) is 6.92 Å². The lowest BCUT2D eigenvalue weighted by atomic mass is 10.1. The molecule has 0 aliphatic heterocycles. The maximum Gasteiger partial charge on any atom is 0.172 e. The molecule has 3 rings (SSSR count). The Hall–Kier alpha value is -2.61. The van der Waals surface area contributed by atoms with Gasteiger partial charge in [-0.3, -0.25) is 10.3 Å². The van der Waals surface area contributed by atoms with E-state index in [0.717, 1.165) is 27.1 Å². The SMILES string of the molecule is C/C=C/C(=C\C=C/NOC)CNc1cc(-c2ccccc2Cl)nc2c(Br)cnn12. The van der Waals surface area contributed by atoms with Crippen molar-refractivity contribution in [2.75, 3.05) is 19.0 Å². The van der Waals surface area contributed by atoms with Crippen LogP contribution >= 0.6 is 27.5 Å². The van der Waals surface area contributed by atoms with E-state index in [1.807, 2.05) is 61.6 Å². The van der Waals surface area contributed by atoms with Crippen LogP contribution in [-0.4, -0.2) is 28.3 Å². The Balaban J connectivity index is 1.95. The van der Waals surface area contributed by atoms with E-state index >= 15 is 0 Å². The fourth-order valence-electron chi connectivity index (χ4n) is 2.73. The van der Waals surface area contributed by atoms with Gasteiger partial charge in [0, 0.05) is 29.4 Å². The van der Waals surface area contributed by atoms with E-state index in [2.05, 4.69) is 31.8 Å². The lowest BCUT2D eigenvalue weighted by Crippen LogP contribution is -2.09. The summed E-state index contributed by atoms with van der Waals surface area (Å²) in [5.41, 5.74) is 6.10. The molecule has 2 aromatic heterocycles. The third-order valence-electron chi connectivity index (χ3n) is 4.03. The molecule has 0 fully saturated rings. The van der Waals surface area contributed by atoms with E-state index in [4.69, 9.17) is 21.4 Å². The summed E-state index contributed by atoms with van der Waals surface area (Å²) in [6, 6.07) is 9.60. The predicted molar refractivity (Wildman–Crippen MR) is 122 cm³/mol. The molecule has 0 bridgehead atoms. The molecular formula is C21H21BrClN5O. The molecule has 0 amide bonds. The van der Waals surface area contributed by atoms with Crippen molar-refractivity contribution in [3.05, 3.63) is 82.1 Å². The fourth-order valence-corrected chi connectivity index (χ4v) is 3.31. The number of fused-ring (bicyclic) bond motifs is 1. The van der Waals surface area contributed by atoms with Crippen LogP contribution in [0.2, 0.25) is 5.02 Å². The van der Waals surface area contributed by atoms with Gasteiger partial charge in [0.05, 0.1) is 23.5 Å². The number of anilines is 1. The first-order chi connectivity index (χ1) is 14.1. The second kappa shape index (κ2) is 10.2. The van der Waals surface area contributed by atoms with Gasteiger partial charge in [0.15, 0.2) is 5.65 Å². The van der Waals surface area contributed by atoms with Crippen molar-refractivity contribution in [3.8, 4) is 11.3 Å². The van der Waals surface area contributed by atoms with Crippen molar-refractivity contribution in [3.63, 3.8) is 0 Å². The summed E-state index contributed by atoms with van der Waals surface area (Å²) in [4.78, 5) is 9.52. The summed E-state index contributed by atoms with van der Waals surface area (Å²) in [6.07, 6.45) is 11.3. The summed E-state index contributed by atoms with van der Waals surface area (Å²) >= 11 is 9.91. The monoisotopic (exact) mass is 473 g/mol. The number of benzene rings is 1. The van der Waals surface area contributed by atoms with E-state index in [-0.39, 0.29) is 0 Å². The average molecular weight is 475 g/mol. The van der Waals surface area contributed by atoms with Crippen LogP contribution in [0.1, 0.15) is 6.92 Å². The third kappa shape index (κ3) is 5.26. The lowest BCUT2D eigenvalue weighted by Gasteiger charge is -2.12. The number of nitrogens with one attached hydrogen (secondary N) is 2. The molecule has 0 atom stereocenters. The summed E-state index contributed by atoms with van der Waals surface area (Å²) in [7, 11) is 1.57. The molecule has 6 nitrogen and oxygen atoms in total. The number of rotatable bonds is 8. The number of hydrogen-bond acceptors (Lipinski definition) is 5. The standard InChI is InChI=1S/C21H21BrClN5O/c1-3-7-15(8-6-11-26-29-2)13-24-20-12-19(16-9-4-5-10-18(16)23)27-21-17(22)14-25-28(20)21/h3-12,14,24,26H,13H2,1-2H3/b7-3+,11-6-,15-8+. The second-order valence-electron chi connectivity index (χ2n) is 6.01. The Kier molecular flexibility index (Phi) is 7.46. The van der Waals surface area contributed by atoms with Gasteiger partial charge in [0.2, 0.25) is 0 Å². The number of aromatic nitrogens is 3. The largest absolute Gasteiger partial charge is 0.366 e. The van der Waals surface area contributed by atoms with Gasteiger partial charge >= 0.3 is 0 Å². The van der Waals surface area contributed by atoms with E-state index in [0.29, 0.717) is 17.2 Å². The quantitative estimate of drug-likeness (QED) is 0.338. The predicted octanol–water partition coefficient (Wildman–Crippen LogP) is 5.39. The normalized spacial score (nSPS) is 12.3. The van der Waals surface area contributed by atoms with E-state index < -0.39 is 0 Å². The van der Waals surface area contributed by atoms with Crippen LogP contribution in [0.5, 0.6) is 0 Å². The number of nitrogens with zero attached hydrogens (tertiary/aromatic N) is 3. The van der Waals surface area contributed by atoms with Gasteiger partial charge in [-0.05, 0) is 40.6 Å². The molecule has 0 saturated heterocycles. The molecule has 29 heavy (non-hydrogen) atoms. The molecule has 150 valence electrons. The van der Waals surface area contributed by atoms with Crippen LogP contribution in [0.25, 0.3) is 16.9 Å². The number of allylic oxidation sites excluding steroid dienone is 3. The molecular weight excluding hydrogens is 454 g/mol. The molecule has 2 N–H and O–H groups in total. The van der Waals surface area contributed by atoms with Gasteiger partial charge in [-0.15, -0.1) is 0 Å². The molecule has 1 aromatic carbocycles. The van der Waals surface area contributed by atoms with E-state index in [1.165, 1.54) is 0 Å². The first-order valence-electron chi connectivity index (χ1n) is 8.94. The minimum Gasteiger partial charge on any atom is -0.366 e. The van der Waals surface area contributed by atoms with Crippen LogP contribution in [0.15, 0.2) is 77.1 Å². The Morgan fingerprint density at radius 1 is 1.34 bits per heavy atom. The molecule has 0 saturated carbocycles. The number of halogens is 2. The molecule has 0 aliphatic carbocycles. The Labute approximate surface area is 183 Å². The zero-order valence-electron chi connectivity index (χ0n) is 16.1. The van der Waals surface area contributed by atoms with Crippen molar-refractivity contribution in [1.82, 2.24) is 20.1 Å². The fraction of sp³-hybridized carbons (Fsp3) is 0.143. The van der Waals surface area contributed by atoms with Gasteiger partial charge in [0.1, 0.15) is 5.82 Å². The smallest absolute Gasteiger partial charge is 0.172 e. The van der Waals surface area contributed by atoms with Crippen LogP contribution < -0.4 is 10.8 Å². The van der Waals surface area contributed by atoms with Crippen molar-refractivity contribution >= 4 is 39.0 Å². The van der Waals surface area contributed by atoms with Crippen LogP contribution in [-0.2, 0) is 4.84 Å². The Bertz CT molecular complexity index is 1070. The molecule has 0 radical (unpaired) electrons. The first kappa shape index (κ1) is 21.1. The van der Waals surface area contributed by atoms with Crippen LogP contribution in [0, 0.1) is 0 Å². The summed E-state index contributed by atoms with van der Waals surface area (Å²) < 4.78 is 2.58. The number of hydroxylamine groups is 1. The Morgan fingerprint density at radius 2 is 2.17 bits per heavy atom. The third-order valence-corrected chi connectivity index (χ3v) is 4.91. The molecule has 3 aromatic rings. The van der Waals surface area contributed by atoms with Crippen LogP contribution in [0.4, 0.5) is 5.82 Å². The second-order valence-corrected chi connectivity index (χ2v) is 7.27. The van der Waals surface area contributed by atoms with Gasteiger partial charge in [-0.1, -0.05) is 48.0 Å². The highest BCUT2D eigenvalue weighted by molar-refractivity contribution is 9.10. The molecule has 2 heterocycles. The topological polar surface area (TPSA) is 63.5 Å². The minimum atomic E-state index is 0.597. The summed E-state index contributed by atoms with van der Waals surface area (Å²) in [6.45, 7) is 2.58. The van der Waals surface area contributed by atoms with E-state index in [9.17, 15) is 0 Å². The van der Waals surface area contributed by atoms with Gasteiger partial charge in [-0.2, -0.15) is 9.61 Å². The molecule has 0 spiro atoms. The maximum absolute atomic E-state index is 6.39. The molecule has 0 unspecified atom stereocenters. The maximum atomic E-state index is 6.39. The highest BCUT2D eigenvalue weighted by Crippen LogP contribution is 2.30. The Morgan fingerprint density at radius 3 is 2.93 bits per heavy atom. The molecule has 0 aliphatic rings. The minimum absolute atomic E-state index is 0.597. The van der Waals surface area contributed by atoms with Crippen molar-refractivity contribution in [2.24, 2.45) is 0 Å². The highest BCUT2D eigenvalue weighted by Gasteiger charge is 2.13. The van der Waals surface area contributed by atoms with Gasteiger partial charge in [-0.25, -0.2) is 4.98 Å². The zero-order chi connectivity index (χ0) is 20.6. The van der Waals surface area contributed by atoms with Crippen LogP contribution in [0.3, 0.4) is 0 Å². The zero-order valence-corrected chi connectivity index (χ0v) is 18.4. The first-order valence-corrected chi connectivity index (χ1v) is 10.1. The highest BCUT2D eigenvalue weighted by atomic mass is 79.9. The summed E-state index contributed by atoms with van der Waals surface area (Å²) in [5.74, 6) is 0.810. The number of hydrogen-bond donors (Lipinski definition) is 2.